The Morgan fingerprint density at radius 1 is 0.854 bits per heavy atom. The van der Waals surface area contributed by atoms with Crippen LogP contribution in [-0.2, 0) is 7.05 Å². The highest BCUT2D eigenvalue weighted by molar-refractivity contribution is 6.18. The zero-order chi connectivity index (χ0) is 35.0. The number of rotatable bonds is 13. The summed E-state index contributed by atoms with van der Waals surface area (Å²) in [5.74, 6) is -0.269. The van der Waals surface area contributed by atoms with Gasteiger partial charge in [0.2, 0.25) is 0 Å². The average Bonchev–Trinajstić information content (AvgIpc) is 3.84. The summed E-state index contributed by atoms with van der Waals surface area (Å²) in [5.41, 5.74) is 7.41. The third kappa shape index (κ3) is 8.45. The fourth-order valence-electron chi connectivity index (χ4n) is 4.86. The molecule has 0 radical (unpaired) electrons. The summed E-state index contributed by atoms with van der Waals surface area (Å²) < 4.78 is 4.25. The van der Waals surface area contributed by atoms with Crippen LogP contribution in [0.5, 0.6) is 0 Å². The van der Waals surface area contributed by atoms with E-state index in [1.807, 2.05) is 6.07 Å². The molecule has 0 spiro atoms. The van der Waals surface area contributed by atoms with Crippen molar-refractivity contribution in [2.24, 2.45) is 12.8 Å². The molecule has 254 valence electrons. The number of nitrogens with zero attached hydrogens (tertiary/aromatic N) is 7. The molecule has 0 saturated heterocycles. The maximum atomic E-state index is 13.7. The summed E-state index contributed by atoms with van der Waals surface area (Å²) in [6, 6.07) is 12.8. The van der Waals surface area contributed by atoms with Crippen molar-refractivity contribution in [2.45, 2.75) is 6.42 Å². The zero-order valence-electron chi connectivity index (χ0n) is 26.8. The van der Waals surface area contributed by atoms with Crippen LogP contribution in [0.3, 0.4) is 0 Å². The van der Waals surface area contributed by atoms with E-state index in [2.05, 4.69) is 5.32 Å². The van der Waals surface area contributed by atoms with Gasteiger partial charge in [0.1, 0.15) is 5.69 Å². The van der Waals surface area contributed by atoms with Crippen LogP contribution in [0.25, 0.3) is 0 Å². The van der Waals surface area contributed by atoms with Crippen molar-refractivity contribution in [1.82, 2.24) is 23.6 Å². The van der Waals surface area contributed by atoms with E-state index < -0.39 is 11.9 Å². The Hall–Kier alpha value is -5.05. The van der Waals surface area contributed by atoms with E-state index in [0.29, 0.717) is 35.7 Å². The normalized spacial score (nSPS) is 11.0. The maximum Gasteiger partial charge on any atom is 0.332 e. The van der Waals surface area contributed by atoms with E-state index in [9.17, 15) is 19.2 Å². The molecule has 0 saturated carbocycles. The highest BCUT2D eigenvalue weighted by atomic mass is 35.5. The summed E-state index contributed by atoms with van der Waals surface area (Å²) in [4.78, 5) is 55.8. The minimum absolute atomic E-state index is 0.0154. The number of hydrogen-bond acceptors (Lipinski definition) is 6. The van der Waals surface area contributed by atoms with E-state index in [1.54, 1.807) is 85.6 Å². The highest BCUT2D eigenvalue weighted by Crippen LogP contribution is 2.24. The van der Waals surface area contributed by atoms with Crippen molar-refractivity contribution in [1.29, 1.82) is 5.41 Å². The Morgan fingerprint density at radius 3 is 2.15 bits per heavy atom. The predicted molar refractivity (Wildman–Crippen MR) is 188 cm³/mol. The average molecular weight is 698 g/mol. The number of hydrogen-bond donors (Lipinski definition) is 3. The lowest BCUT2D eigenvalue weighted by Crippen LogP contribution is -2.48. The number of carbonyl (C=O) groups is 4. The zero-order valence-corrected chi connectivity index (χ0v) is 28.4. The summed E-state index contributed by atoms with van der Waals surface area (Å²) in [6.45, 7) is 0.972. The number of aromatic nitrogens is 3. The molecule has 48 heavy (non-hydrogen) atoms. The van der Waals surface area contributed by atoms with Crippen LogP contribution in [-0.4, -0.2) is 98.8 Å². The third-order valence-electron chi connectivity index (χ3n) is 7.44. The van der Waals surface area contributed by atoms with E-state index in [1.165, 1.54) is 42.5 Å². The topological polar surface area (TPSA) is 158 Å². The number of nitrogens with one attached hydrogen (secondary N) is 2. The minimum atomic E-state index is -0.458. The van der Waals surface area contributed by atoms with E-state index in [4.69, 9.17) is 34.3 Å². The largest absolute Gasteiger partial charge is 0.388 e. The fraction of sp³-hybridized carbons (Fsp3) is 0.281. The molecule has 4 N–H and O–H groups in total. The lowest BCUT2D eigenvalue weighted by Gasteiger charge is -2.33. The first-order valence-electron chi connectivity index (χ1n) is 14.9. The van der Waals surface area contributed by atoms with Crippen LogP contribution in [0, 0.1) is 5.41 Å². The number of amides is 4. The van der Waals surface area contributed by atoms with E-state index in [0.717, 1.165) is 0 Å². The first kappa shape index (κ1) is 35.8. The molecule has 0 aliphatic rings. The quantitative estimate of drug-likeness (QED) is 0.0805. The van der Waals surface area contributed by atoms with Crippen molar-refractivity contribution >= 4 is 70.0 Å². The number of carbonyl (C=O) groups excluding carboxylic acids is 4. The molecule has 3 heterocycles. The molecule has 0 bridgehead atoms. The molecule has 4 amide bonds. The molecule has 0 unspecified atom stereocenters. The van der Waals surface area contributed by atoms with E-state index >= 15 is 0 Å². The SMILES string of the molecule is CN(CCC(=N)N)C(=O)n1ccc(N(C)C(=O)n2ccc(NC(=O)c3cc(N(C(=O)c4ccccc4)N(CCCl)CCCl)cn3C)c2)c1. The molecule has 4 rings (SSSR count). The van der Waals surface area contributed by atoms with Gasteiger partial charge in [0.15, 0.2) is 0 Å². The summed E-state index contributed by atoms with van der Waals surface area (Å²) in [7, 11) is 4.86. The number of hydrazine groups is 1. The van der Waals surface area contributed by atoms with Crippen molar-refractivity contribution in [3.8, 4) is 0 Å². The smallest absolute Gasteiger partial charge is 0.332 e. The van der Waals surface area contributed by atoms with Gasteiger partial charge in [-0.3, -0.25) is 29.0 Å². The van der Waals surface area contributed by atoms with Crippen molar-refractivity contribution in [3.63, 3.8) is 0 Å². The van der Waals surface area contributed by atoms with Gasteiger partial charge in [-0.2, -0.15) is 0 Å². The Bertz CT molecular complexity index is 1760. The van der Waals surface area contributed by atoms with Gasteiger partial charge >= 0.3 is 12.1 Å². The van der Waals surface area contributed by atoms with E-state index in [-0.39, 0.29) is 48.2 Å². The number of nitrogens with two attached hydrogens (primary N) is 1. The highest BCUT2D eigenvalue weighted by Gasteiger charge is 2.27. The lowest BCUT2D eigenvalue weighted by atomic mass is 10.2. The Kier molecular flexibility index (Phi) is 12.1. The molecule has 0 atom stereocenters. The van der Waals surface area contributed by atoms with Gasteiger partial charge < -0.3 is 20.5 Å². The Balaban J connectivity index is 1.48. The van der Waals surface area contributed by atoms with Crippen LogP contribution in [0.15, 0.2) is 79.5 Å². The van der Waals surface area contributed by atoms with Crippen LogP contribution >= 0.6 is 23.2 Å². The second-order valence-electron chi connectivity index (χ2n) is 10.9. The van der Waals surface area contributed by atoms with Gasteiger partial charge in [-0.1, -0.05) is 18.2 Å². The number of halogens is 2. The summed E-state index contributed by atoms with van der Waals surface area (Å²) >= 11 is 12.1. The number of anilines is 3. The molecule has 0 aliphatic heterocycles. The monoisotopic (exact) mass is 696 g/mol. The molecule has 4 aromatic rings. The van der Waals surface area contributed by atoms with Gasteiger partial charge in [0.05, 0.1) is 22.9 Å². The fourth-order valence-corrected chi connectivity index (χ4v) is 5.25. The van der Waals surface area contributed by atoms with Gasteiger partial charge in [-0.15, -0.1) is 23.2 Å². The van der Waals surface area contributed by atoms with Crippen LogP contribution < -0.4 is 21.0 Å². The Morgan fingerprint density at radius 2 is 1.50 bits per heavy atom. The van der Waals surface area contributed by atoms with Gasteiger partial charge in [0.25, 0.3) is 11.8 Å². The molecule has 14 nitrogen and oxygen atoms in total. The van der Waals surface area contributed by atoms with Gasteiger partial charge in [0, 0.05) is 95.5 Å². The standard InChI is InChI=1S/C32H38Cl2N10O4/c1-38(14-11-28(35)36)31(47)42-16-10-25(22-42)40(3)32(48)41-15-9-24(20-41)37-29(45)27-19-26(21-39(27)2)44(43(17-12-33)18-13-34)30(46)23-7-5-4-6-8-23/h4-10,15-16,19-22H,11-14,17-18H2,1-3H3,(H3,35,36)(H,37,45). The molecule has 0 aliphatic carbocycles. The summed E-state index contributed by atoms with van der Waals surface area (Å²) in [5, 5.41) is 13.4. The number of benzene rings is 1. The molecule has 16 heteroatoms. The first-order valence-corrected chi connectivity index (χ1v) is 16.0. The third-order valence-corrected chi connectivity index (χ3v) is 7.77. The number of alkyl halides is 2. The molecule has 1 aromatic carbocycles. The predicted octanol–water partition coefficient (Wildman–Crippen LogP) is 4.55. The first-order chi connectivity index (χ1) is 22.9. The van der Waals surface area contributed by atoms with Crippen molar-refractivity contribution in [3.05, 3.63) is 90.8 Å². The van der Waals surface area contributed by atoms with Gasteiger partial charge in [-0.05, 0) is 30.3 Å². The lowest BCUT2D eigenvalue weighted by molar-refractivity contribution is 0.0903. The Labute approximate surface area is 288 Å². The number of aryl methyl sites for hydroxylation is 1. The van der Waals surface area contributed by atoms with Crippen molar-refractivity contribution < 1.29 is 19.2 Å². The second kappa shape index (κ2) is 16.2. The minimum Gasteiger partial charge on any atom is -0.388 e. The molecular formula is C32H38Cl2N10O4. The molecule has 0 fully saturated rings. The summed E-state index contributed by atoms with van der Waals surface area (Å²) in [6.07, 6.45) is 7.98. The van der Waals surface area contributed by atoms with Crippen LogP contribution in [0.1, 0.15) is 27.3 Å². The van der Waals surface area contributed by atoms with Crippen LogP contribution in [0.4, 0.5) is 26.7 Å². The molecule has 3 aromatic heterocycles. The molecular weight excluding hydrogens is 659 g/mol. The van der Waals surface area contributed by atoms with Gasteiger partial charge in [-0.25, -0.2) is 19.6 Å². The van der Waals surface area contributed by atoms with Crippen molar-refractivity contribution in [2.75, 3.05) is 60.7 Å². The number of amidine groups is 1. The second-order valence-corrected chi connectivity index (χ2v) is 11.6. The maximum absolute atomic E-state index is 13.7. The van der Waals surface area contributed by atoms with Crippen LogP contribution in [0.2, 0.25) is 0 Å².